The summed E-state index contributed by atoms with van der Waals surface area (Å²) in [6, 6.07) is 2.39. The summed E-state index contributed by atoms with van der Waals surface area (Å²) < 4.78 is 5.48. The maximum Gasteiger partial charge on any atom is 0.236 e. The second-order valence-corrected chi connectivity index (χ2v) is 7.91. The summed E-state index contributed by atoms with van der Waals surface area (Å²) in [5.74, 6) is 2.20. The molecule has 1 aromatic heterocycles. The number of carbonyl (C=O) groups excluding carboxylic acids is 1. The molecule has 0 radical (unpaired) electrons. The van der Waals surface area contributed by atoms with Crippen molar-refractivity contribution in [3.8, 4) is 0 Å². The van der Waals surface area contributed by atoms with Crippen molar-refractivity contribution in [2.45, 2.75) is 65.0 Å². The molecule has 0 aliphatic carbocycles. The van der Waals surface area contributed by atoms with E-state index in [2.05, 4.69) is 46.5 Å². The molecule has 8 heteroatoms. The van der Waals surface area contributed by atoms with E-state index in [4.69, 9.17) is 4.52 Å². The lowest BCUT2D eigenvalue weighted by molar-refractivity contribution is -0.130. The monoisotopic (exact) mass is 406 g/mol. The zero-order valence-electron chi connectivity index (χ0n) is 18.7. The van der Waals surface area contributed by atoms with Crippen LogP contribution in [0.15, 0.2) is 15.6 Å². The third-order valence-electron chi connectivity index (χ3n) is 5.50. The Bertz CT molecular complexity index is 645. The molecule has 0 saturated carbocycles. The SMILES string of the molecule is CCNC(=NCc1cc(C(CC)CC)no1)NC1CCN(CC(=O)N(C)C)CC1. The lowest BCUT2D eigenvalue weighted by Gasteiger charge is -2.33. The largest absolute Gasteiger partial charge is 0.359 e. The number of hydrogen-bond donors (Lipinski definition) is 2. The fourth-order valence-electron chi connectivity index (χ4n) is 3.54. The Morgan fingerprint density at radius 1 is 1.31 bits per heavy atom. The fourth-order valence-corrected chi connectivity index (χ4v) is 3.54. The molecule has 1 saturated heterocycles. The second kappa shape index (κ2) is 11.8. The summed E-state index contributed by atoms with van der Waals surface area (Å²) in [5, 5.41) is 11.1. The first-order valence-electron chi connectivity index (χ1n) is 10.9. The highest BCUT2D eigenvalue weighted by Gasteiger charge is 2.22. The number of aliphatic imine (C=N–C) groups is 1. The van der Waals surface area contributed by atoms with E-state index in [-0.39, 0.29) is 5.91 Å². The molecule has 1 aliphatic rings. The molecular weight excluding hydrogens is 368 g/mol. The van der Waals surface area contributed by atoms with Crippen LogP contribution in [0, 0.1) is 0 Å². The molecule has 0 aromatic carbocycles. The predicted molar refractivity (Wildman–Crippen MR) is 116 cm³/mol. The molecule has 1 amide bonds. The zero-order chi connectivity index (χ0) is 21.2. The van der Waals surface area contributed by atoms with Gasteiger partial charge in [0.15, 0.2) is 11.7 Å². The predicted octanol–water partition coefficient (Wildman–Crippen LogP) is 2.19. The fraction of sp³-hybridized carbons (Fsp3) is 0.762. The molecule has 0 unspecified atom stereocenters. The first-order valence-corrected chi connectivity index (χ1v) is 10.9. The van der Waals surface area contributed by atoms with E-state index in [1.807, 2.05) is 6.07 Å². The van der Waals surface area contributed by atoms with E-state index >= 15 is 0 Å². The highest BCUT2D eigenvalue weighted by molar-refractivity contribution is 5.80. The van der Waals surface area contributed by atoms with Crippen LogP contribution in [0.2, 0.25) is 0 Å². The molecule has 164 valence electrons. The molecular formula is C21H38N6O2. The van der Waals surface area contributed by atoms with Gasteiger partial charge in [-0.15, -0.1) is 0 Å². The minimum Gasteiger partial charge on any atom is -0.359 e. The van der Waals surface area contributed by atoms with Crippen LogP contribution in [0.1, 0.15) is 63.8 Å². The number of likely N-dealkylation sites (tertiary alicyclic amines) is 1. The Morgan fingerprint density at radius 2 is 2.00 bits per heavy atom. The normalized spacial score (nSPS) is 16.3. The van der Waals surface area contributed by atoms with Crippen LogP contribution in [0.5, 0.6) is 0 Å². The molecule has 1 aromatic rings. The lowest BCUT2D eigenvalue weighted by atomic mass is 9.99. The highest BCUT2D eigenvalue weighted by atomic mass is 16.5. The van der Waals surface area contributed by atoms with E-state index in [1.54, 1.807) is 19.0 Å². The van der Waals surface area contributed by atoms with Crippen molar-refractivity contribution >= 4 is 11.9 Å². The van der Waals surface area contributed by atoms with E-state index in [9.17, 15) is 4.79 Å². The number of amides is 1. The van der Waals surface area contributed by atoms with Crippen molar-refractivity contribution in [3.63, 3.8) is 0 Å². The molecule has 2 rings (SSSR count). The van der Waals surface area contributed by atoms with Gasteiger partial charge in [-0.2, -0.15) is 0 Å². The topological polar surface area (TPSA) is 86.0 Å². The number of nitrogens with zero attached hydrogens (tertiary/aromatic N) is 4. The summed E-state index contributed by atoms with van der Waals surface area (Å²) in [5.41, 5.74) is 1.03. The maximum atomic E-state index is 11.9. The van der Waals surface area contributed by atoms with Crippen LogP contribution in [0.25, 0.3) is 0 Å². The van der Waals surface area contributed by atoms with Gasteiger partial charge in [-0.1, -0.05) is 19.0 Å². The molecule has 1 fully saturated rings. The molecule has 2 N–H and O–H groups in total. The Hall–Kier alpha value is -2.09. The van der Waals surface area contributed by atoms with Crippen LogP contribution in [0.3, 0.4) is 0 Å². The van der Waals surface area contributed by atoms with E-state index in [0.29, 0.717) is 25.0 Å². The van der Waals surface area contributed by atoms with E-state index < -0.39 is 0 Å². The summed E-state index contributed by atoms with van der Waals surface area (Å²) in [6.07, 6.45) is 4.11. The van der Waals surface area contributed by atoms with E-state index in [1.165, 1.54) is 0 Å². The molecule has 29 heavy (non-hydrogen) atoms. The number of nitrogens with one attached hydrogen (secondary N) is 2. The van der Waals surface area contributed by atoms with Gasteiger partial charge in [-0.3, -0.25) is 9.69 Å². The molecule has 2 heterocycles. The van der Waals surface area contributed by atoms with Gasteiger partial charge in [0.05, 0.1) is 12.2 Å². The molecule has 0 bridgehead atoms. The molecule has 0 atom stereocenters. The molecule has 0 spiro atoms. The second-order valence-electron chi connectivity index (χ2n) is 7.91. The Kier molecular flexibility index (Phi) is 9.44. The van der Waals surface area contributed by atoms with Crippen molar-refractivity contribution in [1.29, 1.82) is 0 Å². The molecule has 8 nitrogen and oxygen atoms in total. The smallest absolute Gasteiger partial charge is 0.236 e. The number of guanidine groups is 1. The van der Waals surface area contributed by atoms with Gasteiger partial charge < -0.3 is 20.1 Å². The van der Waals surface area contributed by atoms with Gasteiger partial charge in [0.25, 0.3) is 0 Å². The minimum absolute atomic E-state index is 0.158. The van der Waals surface area contributed by atoms with E-state index in [0.717, 1.165) is 62.7 Å². The van der Waals surface area contributed by atoms with Crippen LogP contribution >= 0.6 is 0 Å². The number of piperidine rings is 1. The van der Waals surface area contributed by atoms with Gasteiger partial charge in [0.1, 0.15) is 6.54 Å². The maximum absolute atomic E-state index is 11.9. The van der Waals surface area contributed by atoms with Crippen LogP contribution < -0.4 is 10.6 Å². The quantitative estimate of drug-likeness (QED) is 0.483. The third kappa shape index (κ3) is 7.34. The highest BCUT2D eigenvalue weighted by Crippen LogP contribution is 2.22. The first kappa shape index (κ1) is 23.2. The first-order chi connectivity index (χ1) is 14.0. The standard InChI is InChI=1S/C21H38N6O2/c1-6-16(7-2)19-13-18(29-25-19)14-23-21(22-8-3)24-17-9-11-27(12-10-17)15-20(28)26(4)5/h13,16-17H,6-12,14-15H2,1-5H3,(H2,22,23,24). The van der Waals surface area contributed by atoms with Gasteiger partial charge in [0, 0.05) is 51.8 Å². The summed E-state index contributed by atoms with van der Waals surface area (Å²) in [6.45, 7) is 10.0. The van der Waals surface area contributed by atoms with Gasteiger partial charge >= 0.3 is 0 Å². The van der Waals surface area contributed by atoms with Crippen LogP contribution in [-0.4, -0.2) is 73.1 Å². The van der Waals surface area contributed by atoms with Crippen LogP contribution in [-0.2, 0) is 11.3 Å². The van der Waals surface area contributed by atoms with Crippen molar-refractivity contribution in [3.05, 3.63) is 17.5 Å². The summed E-state index contributed by atoms with van der Waals surface area (Å²) in [7, 11) is 3.61. The van der Waals surface area contributed by atoms with Crippen molar-refractivity contribution in [1.82, 2.24) is 25.6 Å². The Balaban J connectivity index is 1.86. The third-order valence-corrected chi connectivity index (χ3v) is 5.50. The Morgan fingerprint density at radius 3 is 2.59 bits per heavy atom. The Labute approximate surface area is 175 Å². The number of hydrogen-bond acceptors (Lipinski definition) is 5. The van der Waals surface area contributed by atoms with Gasteiger partial charge in [0.2, 0.25) is 5.91 Å². The number of aromatic nitrogens is 1. The van der Waals surface area contributed by atoms with Gasteiger partial charge in [-0.25, -0.2) is 4.99 Å². The minimum atomic E-state index is 0.158. The number of carbonyl (C=O) groups is 1. The van der Waals surface area contributed by atoms with Crippen LogP contribution in [0.4, 0.5) is 0 Å². The average Bonchev–Trinajstić information content (AvgIpc) is 3.17. The molecule has 1 aliphatic heterocycles. The average molecular weight is 407 g/mol. The van der Waals surface area contributed by atoms with Crippen molar-refractivity contribution < 1.29 is 9.32 Å². The summed E-state index contributed by atoms with van der Waals surface area (Å²) in [4.78, 5) is 20.4. The van der Waals surface area contributed by atoms with Crippen molar-refractivity contribution in [2.24, 2.45) is 4.99 Å². The summed E-state index contributed by atoms with van der Waals surface area (Å²) >= 11 is 0. The van der Waals surface area contributed by atoms with Crippen molar-refractivity contribution in [2.75, 3.05) is 40.3 Å². The zero-order valence-corrected chi connectivity index (χ0v) is 18.7. The van der Waals surface area contributed by atoms with Gasteiger partial charge in [-0.05, 0) is 32.6 Å². The number of likely N-dealkylation sites (N-methyl/N-ethyl adjacent to an activating group) is 1. The lowest BCUT2D eigenvalue weighted by Crippen LogP contribution is -2.50. The number of rotatable bonds is 9.